The molecule has 2 aromatic carbocycles. The largest absolute Gasteiger partial charge is 0.480 e. The summed E-state index contributed by atoms with van der Waals surface area (Å²) in [5.74, 6) is -1.51. The van der Waals surface area contributed by atoms with Crippen LogP contribution in [-0.4, -0.2) is 72.5 Å². The van der Waals surface area contributed by atoms with Crippen LogP contribution in [0.15, 0.2) is 48.5 Å². The molecule has 0 fully saturated rings. The monoisotopic (exact) mass is 539 g/mol. The van der Waals surface area contributed by atoms with Gasteiger partial charge in [0.1, 0.15) is 18.8 Å². The number of hydrogen-bond donors (Lipinski definition) is 3. The quantitative estimate of drug-likeness (QED) is 0.345. The lowest BCUT2D eigenvalue weighted by Gasteiger charge is -2.23. The molecule has 0 saturated heterocycles. The van der Waals surface area contributed by atoms with Crippen LogP contribution in [0.3, 0.4) is 0 Å². The number of ether oxygens (including phenoxy) is 2. The highest BCUT2D eigenvalue weighted by atomic mass is 16.6. The lowest BCUT2D eigenvalue weighted by molar-refractivity contribution is -0.144. The number of rotatable bonds is 12. The molecule has 10 heteroatoms. The van der Waals surface area contributed by atoms with Crippen LogP contribution in [0.4, 0.5) is 9.59 Å². The van der Waals surface area contributed by atoms with Crippen LogP contribution in [-0.2, 0) is 19.1 Å². The standard InChI is InChI=1S/C29H37N3O7/c1-29(2,3)39-28(37)31-16-17-32(18-26(34)35)25(33)14-8-9-15-30-27(36)38-19-24-22-12-6-4-10-20(22)21-11-5-7-13-23(21)24/h4-7,10-13,24H,8-9,14-19H2,1-3H3,(H,30,36)(H,31,37)(H,34,35). The summed E-state index contributed by atoms with van der Waals surface area (Å²) < 4.78 is 10.6. The molecule has 0 saturated carbocycles. The van der Waals surface area contributed by atoms with Gasteiger partial charge < -0.3 is 30.1 Å². The lowest BCUT2D eigenvalue weighted by Crippen LogP contribution is -2.42. The number of amides is 3. The number of carboxylic acids is 1. The second kappa shape index (κ2) is 13.6. The molecule has 210 valence electrons. The fourth-order valence-electron chi connectivity index (χ4n) is 4.46. The Labute approximate surface area is 228 Å². The molecule has 0 aromatic heterocycles. The molecule has 0 radical (unpaired) electrons. The predicted octanol–water partition coefficient (Wildman–Crippen LogP) is 4.13. The molecule has 39 heavy (non-hydrogen) atoms. The topological polar surface area (TPSA) is 134 Å². The highest BCUT2D eigenvalue weighted by Gasteiger charge is 2.29. The number of carboxylic acid groups (broad SMARTS) is 1. The van der Waals surface area contributed by atoms with Crippen molar-refractivity contribution in [3.05, 3.63) is 59.7 Å². The van der Waals surface area contributed by atoms with Crippen molar-refractivity contribution in [2.45, 2.75) is 51.6 Å². The van der Waals surface area contributed by atoms with Gasteiger partial charge in [0.2, 0.25) is 5.91 Å². The zero-order chi connectivity index (χ0) is 28.4. The highest BCUT2D eigenvalue weighted by Crippen LogP contribution is 2.44. The minimum Gasteiger partial charge on any atom is -0.480 e. The summed E-state index contributed by atoms with van der Waals surface area (Å²) in [6, 6.07) is 16.2. The van der Waals surface area contributed by atoms with Gasteiger partial charge in [-0.2, -0.15) is 0 Å². The van der Waals surface area contributed by atoms with Gasteiger partial charge in [0.05, 0.1) is 0 Å². The first-order valence-electron chi connectivity index (χ1n) is 13.1. The van der Waals surface area contributed by atoms with Crippen molar-refractivity contribution in [3.63, 3.8) is 0 Å². The summed E-state index contributed by atoms with van der Waals surface area (Å²) in [6.45, 7) is 5.38. The van der Waals surface area contributed by atoms with Crippen LogP contribution in [0.25, 0.3) is 11.1 Å². The summed E-state index contributed by atoms with van der Waals surface area (Å²) in [5, 5.41) is 14.4. The van der Waals surface area contributed by atoms with Gasteiger partial charge in [0.25, 0.3) is 0 Å². The molecule has 1 aliphatic rings. The average molecular weight is 540 g/mol. The van der Waals surface area contributed by atoms with Crippen molar-refractivity contribution < 1.29 is 33.8 Å². The number of unbranched alkanes of at least 4 members (excludes halogenated alkanes) is 1. The summed E-state index contributed by atoms with van der Waals surface area (Å²) in [6.07, 6.45) is -0.0644. The summed E-state index contributed by atoms with van der Waals surface area (Å²) in [5.41, 5.74) is 3.93. The second-order valence-electron chi connectivity index (χ2n) is 10.3. The van der Waals surface area contributed by atoms with Gasteiger partial charge >= 0.3 is 18.2 Å². The number of nitrogens with zero attached hydrogens (tertiary/aromatic N) is 1. The fraction of sp³-hybridized carbons (Fsp3) is 0.448. The Kier molecular flexibility index (Phi) is 10.3. The van der Waals surface area contributed by atoms with Crippen LogP contribution in [0.1, 0.15) is 57.1 Å². The van der Waals surface area contributed by atoms with Crippen LogP contribution in [0, 0.1) is 0 Å². The van der Waals surface area contributed by atoms with E-state index in [0.717, 1.165) is 22.3 Å². The number of carbonyl (C=O) groups is 4. The Morgan fingerprint density at radius 3 is 2.05 bits per heavy atom. The second-order valence-corrected chi connectivity index (χ2v) is 10.3. The SMILES string of the molecule is CC(C)(C)OC(=O)NCCN(CC(=O)O)C(=O)CCCCNC(=O)OCC1c2ccccc2-c2ccccc21. The van der Waals surface area contributed by atoms with Gasteiger partial charge in [-0.25, -0.2) is 9.59 Å². The van der Waals surface area contributed by atoms with Crippen molar-refractivity contribution in [2.75, 3.05) is 32.8 Å². The first kappa shape index (κ1) is 29.5. The van der Waals surface area contributed by atoms with E-state index in [1.54, 1.807) is 20.8 Å². The molecule has 1 aliphatic carbocycles. The van der Waals surface area contributed by atoms with Crippen molar-refractivity contribution in [1.82, 2.24) is 15.5 Å². The predicted molar refractivity (Wildman–Crippen MR) is 145 cm³/mol. The van der Waals surface area contributed by atoms with Gasteiger partial charge in [0, 0.05) is 32.0 Å². The summed E-state index contributed by atoms with van der Waals surface area (Å²) in [4.78, 5) is 48.9. The van der Waals surface area contributed by atoms with Crippen LogP contribution in [0.5, 0.6) is 0 Å². The Balaban J connectivity index is 1.36. The van der Waals surface area contributed by atoms with Crippen LogP contribution in [0.2, 0.25) is 0 Å². The summed E-state index contributed by atoms with van der Waals surface area (Å²) >= 11 is 0. The van der Waals surface area contributed by atoms with Gasteiger partial charge in [-0.1, -0.05) is 48.5 Å². The van der Waals surface area contributed by atoms with E-state index in [1.165, 1.54) is 4.90 Å². The van der Waals surface area contributed by atoms with E-state index in [9.17, 15) is 19.2 Å². The molecule has 10 nitrogen and oxygen atoms in total. The smallest absolute Gasteiger partial charge is 0.407 e. The zero-order valence-electron chi connectivity index (χ0n) is 22.7. The number of aliphatic carboxylic acids is 1. The maximum Gasteiger partial charge on any atom is 0.407 e. The number of hydrogen-bond acceptors (Lipinski definition) is 6. The lowest BCUT2D eigenvalue weighted by atomic mass is 9.98. The maximum atomic E-state index is 12.5. The normalized spacial score (nSPS) is 12.2. The Hall–Kier alpha value is -4.08. The maximum absolute atomic E-state index is 12.5. The Morgan fingerprint density at radius 2 is 1.46 bits per heavy atom. The van der Waals surface area contributed by atoms with E-state index in [1.807, 2.05) is 24.3 Å². The minimum atomic E-state index is -1.14. The molecular weight excluding hydrogens is 502 g/mol. The average Bonchev–Trinajstić information content (AvgIpc) is 3.19. The van der Waals surface area contributed by atoms with Crippen LogP contribution >= 0.6 is 0 Å². The van der Waals surface area contributed by atoms with Gasteiger partial charge in [-0.3, -0.25) is 9.59 Å². The highest BCUT2D eigenvalue weighted by molar-refractivity contribution is 5.81. The molecule has 0 heterocycles. The summed E-state index contributed by atoms with van der Waals surface area (Å²) in [7, 11) is 0. The number of alkyl carbamates (subject to hydrolysis) is 2. The zero-order valence-corrected chi connectivity index (χ0v) is 22.7. The molecule has 0 spiro atoms. The molecule has 3 amide bonds. The third kappa shape index (κ3) is 9.01. The first-order chi connectivity index (χ1) is 18.5. The number of fused-ring (bicyclic) bond motifs is 3. The number of carbonyl (C=O) groups excluding carboxylic acids is 3. The van der Waals surface area contributed by atoms with E-state index in [-0.39, 0.29) is 37.9 Å². The van der Waals surface area contributed by atoms with Crippen molar-refractivity contribution in [1.29, 1.82) is 0 Å². The molecule has 3 rings (SSSR count). The van der Waals surface area contributed by atoms with E-state index in [0.29, 0.717) is 19.4 Å². The molecule has 2 aromatic rings. The Morgan fingerprint density at radius 1 is 0.872 bits per heavy atom. The van der Waals surface area contributed by atoms with E-state index < -0.39 is 30.3 Å². The van der Waals surface area contributed by atoms with Gasteiger partial charge in [0.15, 0.2) is 0 Å². The minimum absolute atomic E-state index is 0.0224. The van der Waals surface area contributed by atoms with Crippen LogP contribution < -0.4 is 10.6 Å². The van der Waals surface area contributed by atoms with E-state index in [4.69, 9.17) is 14.6 Å². The number of nitrogens with one attached hydrogen (secondary N) is 2. The number of benzene rings is 2. The van der Waals surface area contributed by atoms with E-state index >= 15 is 0 Å². The molecule has 0 unspecified atom stereocenters. The van der Waals surface area contributed by atoms with Gasteiger partial charge in [-0.05, 0) is 55.9 Å². The van der Waals surface area contributed by atoms with Gasteiger partial charge in [-0.15, -0.1) is 0 Å². The molecule has 0 aliphatic heterocycles. The third-order valence-corrected chi connectivity index (χ3v) is 6.16. The molecular formula is C29H37N3O7. The van der Waals surface area contributed by atoms with Crippen molar-refractivity contribution in [3.8, 4) is 11.1 Å². The molecule has 3 N–H and O–H groups in total. The fourth-order valence-corrected chi connectivity index (χ4v) is 4.46. The molecule has 0 atom stereocenters. The first-order valence-corrected chi connectivity index (χ1v) is 13.1. The molecule has 0 bridgehead atoms. The van der Waals surface area contributed by atoms with Crippen molar-refractivity contribution in [2.24, 2.45) is 0 Å². The Bertz CT molecular complexity index is 1130. The third-order valence-electron chi connectivity index (χ3n) is 6.16. The van der Waals surface area contributed by atoms with E-state index in [2.05, 4.69) is 34.9 Å². The van der Waals surface area contributed by atoms with Crippen molar-refractivity contribution >= 4 is 24.1 Å².